The van der Waals surface area contributed by atoms with Gasteiger partial charge >= 0.3 is 0 Å². The predicted molar refractivity (Wildman–Crippen MR) is 87.5 cm³/mol. The van der Waals surface area contributed by atoms with Crippen molar-refractivity contribution in [3.63, 3.8) is 0 Å². The third-order valence-electron chi connectivity index (χ3n) is 3.41. The van der Waals surface area contributed by atoms with Crippen LogP contribution in [-0.4, -0.2) is 27.5 Å². The molecule has 114 valence electrons. The fraction of sp³-hybridized carbons (Fsp3) is 0.133. The monoisotopic (exact) mass is 355 g/mol. The van der Waals surface area contributed by atoms with Crippen LogP contribution in [0.2, 0.25) is 10.0 Å². The Morgan fingerprint density at radius 1 is 1.18 bits per heavy atom. The van der Waals surface area contributed by atoms with E-state index in [1.165, 1.54) is 12.1 Å². The van der Waals surface area contributed by atoms with Crippen LogP contribution >= 0.6 is 23.2 Å². The number of carbonyl (C=O) groups is 1. The van der Waals surface area contributed by atoms with Crippen LogP contribution in [0.3, 0.4) is 0 Å². The second-order valence-electron chi connectivity index (χ2n) is 4.76. The SMILES string of the molecule is O=C(c1cc(Cl)c(O)c(Cl)c1)N1CCS(=O)c2ccccc21. The van der Waals surface area contributed by atoms with Crippen LogP contribution < -0.4 is 4.90 Å². The third kappa shape index (κ3) is 2.60. The van der Waals surface area contributed by atoms with Gasteiger partial charge in [-0.25, -0.2) is 0 Å². The van der Waals surface area contributed by atoms with E-state index in [0.717, 1.165) is 0 Å². The smallest absolute Gasteiger partial charge is 0.258 e. The zero-order chi connectivity index (χ0) is 15.9. The van der Waals surface area contributed by atoms with Crippen LogP contribution in [0.15, 0.2) is 41.3 Å². The first kappa shape index (κ1) is 15.3. The standard InChI is InChI=1S/C15H11Cl2NO3S/c16-10-7-9(8-11(17)14(10)19)15(20)18-5-6-22(21)13-4-2-1-3-12(13)18/h1-4,7-8,19H,5-6H2. The molecule has 0 saturated heterocycles. The van der Waals surface area contributed by atoms with E-state index < -0.39 is 10.8 Å². The number of carbonyl (C=O) groups excluding carboxylic acids is 1. The maximum atomic E-state index is 12.7. The van der Waals surface area contributed by atoms with E-state index in [4.69, 9.17) is 23.2 Å². The summed E-state index contributed by atoms with van der Waals surface area (Å²) in [4.78, 5) is 14.9. The molecule has 4 nitrogen and oxygen atoms in total. The lowest BCUT2D eigenvalue weighted by molar-refractivity contribution is 0.0987. The highest BCUT2D eigenvalue weighted by molar-refractivity contribution is 7.85. The van der Waals surface area contributed by atoms with Gasteiger partial charge in [0.2, 0.25) is 0 Å². The Morgan fingerprint density at radius 2 is 1.82 bits per heavy atom. The number of amides is 1. The Balaban J connectivity index is 2.04. The molecule has 0 radical (unpaired) electrons. The van der Waals surface area contributed by atoms with Gasteiger partial charge in [-0.3, -0.25) is 9.00 Å². The van der Waals surface area contributed by atoms with Gasteiger partial charge in [0.25, 0.3) is 5.91 Å². The molecule has 7 heteroatoms. The first-order chi connectivity index (χ1) is 10.5. The normalized spacial score (nSPS) is 17.2. The maximum Gasteiger partial charge on any atom is 0.258 e. The number of fused-ring (bicyclic) bond motifs is 1. The summed E-state index contributed by atoms with van der Waals surface area (Å²) in [6, 6.07) is 9.84. The van der Waals surface area contributed by atoms with Gasteiger partial charge in [-0.05, 0) is 24.3 Å². The molecule has 22 heavy (non-hydrogen) atoms. The van der Waals surface area contributed by atoms with E-state index in [2.05, 4.69) is 0 Å². The number of anilines is 1. The number of benzene rings is 2. The molecule has 0 fully saturated rings. The maximum absolute atomic E-state index is 12.7. The molecule has 0 bridgehead atoms. The zero-order valence-electron chi connectivity index (χ0n) is 11.3. The first-order valence-corrected chi connectivity index (χ1v) is 8.54. The molecule has 0 aromatic heterocycles. The van der Waals surface area contributed by atoms with E-state index in [1.807, 2.05) is 0 Å². The van der Waals surface area contributed by atoms with Gasteiger partial charge in [0.05, 0.1) is 31.4 Å². The topological polar surface area (TPSA) is 57.6 Å². The molecule has 0 spiro atoms. The predicted octanol–water partition coefficient (Wildman–Crippen LogP) is 3.47. The minimum atomic E-state index is -1.11. The Kier molecular flexibility index (Phi) is 4.12. The van der Waals surface area contributed by atoms with Crippen LogP contribution in [0.1, 0.15) is 10.4 Å². The Bertz CT molecular complexity index is 771. The van der Waals surface area contributed by atoms with Crippen molar-refractivity contribution < 1.29 is 14.1 Å². The van der Waals surface area contributed by atoms with Gasteiger partial charge in [0.15, 0.2) is 5.75 Å². The molecule has 2 aromatic rings. The largest absolute Gasteiger partial charge is 0.505 e. The first-order valence-electron chi connectivity index (χ1n) is 6.46. The van der Waals surface area contributed by atoms with E-state index in [0.29, 0.717) is 22.9 Å². The summed E-state index contributed by atoms with van der Waals surface area (Å²) in [5.74, 6) is -0.171. The van der Waals surface area contributed by atoms with Gasteiger partial charge in [0.1, 0.15) is 0 Å². The molecule has 1 atom stereocenters. The summed E-state index contributed by atoms with van der Waals surface area (Å²) in [6.45, 7) is 0.346. The van der Waals surface area contributed by atoms with Gasteiger partial charge in [-0.2, -0.15) is 0 Å². The number of hydrogen-bond donors (Lipinski definition) is 1. The molecule has 1 N–H and O–H groups in total. The number of aromatic hydroxyl groups is 1. The number of halogens is 2. The number of nitrogens with zero attached hydrogens (tertiary/aromatic N) is 1. The van der Waals surface area contributed by atoms with Crippen LogP contribution in [0.5, 0.6) is 5.75 Å². The molecular weight excluding hydrogens is 345 g/mol. The van der Waals surface area contributed by atoms with E-state index in [1.54, 1.807) is 29.2 Å². The second kappa shape index (κ2) is 5.91. The summed E-state index contributed by atoms with van der Waals surface area (Å²) in [7, 11) is -1.11. The summed E-state index contributed by atoms with van der Waals surface area (Å²) in [5, 5.41) is 9.62. The molecule has 0 aliphatic carbocycles. The van der Waals surface area contributed by atoms with Crippen molar-refractivity contribution in [2.45, 2.75) is 4.90 Å². The van der Waals surface area contributed by atoms with Crippen LogP contribution in [0.4, 0.5) is 5.69 Å². The van der Waals surface area contributed by atoms with Crippen molar-refractivity contribution in [1.82, 2.24) is 0 Å². The summed E-state index contributed by atoms with van der Waals surface area (Å²) in [5.41, 5.74) is 0.896. The van der Waals surface area contributed by atoms with Crippen LogP contribution in [-0.2, 0) is 10.8 Å². The zero-order valence-corrected chi connectivity index (χ0v) is 13.6. The van der Waals surface area contributed by atoms with Crippen molar-refractivity contribution in [2.24, 2.45) is 0 Å². The van der Waals surface area contributed by atoms with E-state index >= 15 is 0 Å². The third-order valence-corrected chi connectivity index (χ3v) is 5.38. The highest BCUT2D eigenvalue weighted by Gasteiger charge is 2.27. The van der Waals surface area contributed by atoms with Crippen molar-refractivity contribution in [3.8, 4) is 5.75 Å². The fourth-order valence-corrected chi connectivity index (χ4v) is 4.03. The number of phenols is 1. The second-order valence-corrected chi connectivity index (χ2v) is 7.12. The summed E-state index contributed by atoms with van der Waals surface area (Å²) < 4.78 is 12.0. The molecule has 1 heterocycles. The van der Waals surface area contributed by atoms with Gasteiger partial charge < -0.3 is 10.0 Å². The molecular formula is C15H11Cl2NO3S. The quantitative estimate of drug-likeness (QED) is 0.851. The lowest BCUT2D eigenvalue weighted by Crippen LogP contribution is -2.38. The highest BCUT2D eigenvalue weighted by Crippen LogP contribution is 2.35. The van der Waals surface area contributed by atoms with Crippen molar-refractivity contribution in [2.75, 3.05) is 17.2 Å². The van der Waals surface area contributed by atoms with Gasteiger partial charge in [0, 0.05) is 17.9 Å². The molecule has 1 amide bonds. The van der Waals surface area contributed by atoms with E-state index in [-0.39, 0.29) is 27.3 Å². The molecule has 1 aliphatic heterocycles. The lowest BCUT2D eigenvalue weighted by atomic mass is 10.1. The minimum Gasteiger partial charge on any atom is -0.505 e. The molecule has 1 unspecified atom stereocenters. The van der Waals surface area contributed by atoms with E-state index in [9.17, 15) is 14.1 Å². The Hall–Kier alpha value is -1.56. The minimum absolute atomic E-state index is 0.0183. The number of hydrogen-bond acceptors (Lipinski definition) is 3. The lowest BCUT2D eigenvalue weighted by Gasteiger charge is -2.29. The summed E-state index contributed by atoms with van der Waals surface area (Å²) in [6.07, 6.45) is 0. The van der Waals surface area contributed by atoms with Gasteiger partial charge in [-0.1, -0.05) is 35.3 Å². The average Bonchev–Trinajstić information content (AvgIpc) is 2.52. The Labute approximate surface area is 139 Å². The van der Waals surface area contributed by atoms with Gasteiger partial charge in [-0.15, -0.1) is 0 Å². The Morgan fingerprint density at radius 3 is 2.50 bits per heavy atom. The summed E-state index contributed by atoms with van der Waals surface area (Å²) >= 11 is 11.7. The average molecular weight is 356 g/mol. The molecule has 3 rings (SSSR count). The number of rotatable bonds is 1. The van der Waals surface area contributed by atoms with Crippen molar-refractivity contribution >= 4 is 45.6 Å². The fourth-order valence-electron chi connectivity index (χ4n) is 2.33. The number of para-hydroxylation sites is 1. The highest BCUT2D eigenvalue weighted by atomic mass is 35.5. The molecule has 2 aromatic carbocycles. The number of phenolic OH excluding ortho intramolecular Hbond substituents is 1. The van der Waals surface area contributed by atoms with Crippen molar-refractivity contribution in [3.05, 3.63) is 52.0 Å². The van der Waals surface area contributed by atoms with Crippen LogP contribution in [0.25, 0.3) is 0 Å². The molecule has 0 saturated carbocycles. The molecule has 1 aliphatic rings. The van der Waals surface area contributed by atoms with Crippen LogP contribution in [0, 0.1) is 0 Å². The van der Waals surface area contributed by atoms with Crippen molar-refractivity contribution in [1.29, 1.82) is 0 Å².